The Morgan fingerprint density at radius 1 is 0.667 bits per heavy atom. The first-order valence-corrected chi connectivity index (χ1v) is 12.3. The number of hydrogen-bond donors (Lipinski definition) is 3. The predicted molar refractivity (Wildman–Crippen MR) is 137 cm³/mol. The number of amides is 2. The van der Waals surface area contributed by atoms with Gasteiger partial charge in [-0.2, -0.15) is 8.42 Å². The molecular formula is C26H19N5O4S. The molecule has 2 amide bonds. The topological polar surface area (TPSA) is 130 Å². The lowest BCUT2D eigenvalue weighted by atomic mass is 10.1. The number of nitrogens with zero attached hydrogens (tertiary/aromatic N) is 2. The number of nitrogens with one attached hydrogen (secondary N) is 3. The fraction of sp³-hybridized carbons (Fsp3) is 0. The van der Waals surface area contributed by atoms with Crippen molar-refractivity contribution in [2.75, 3.05) is 16.0 Å². The Labute approximate surface area is 207 Å². The van der Waals surface area contributed by atoms with E-state index in [1.54, 1.807) is 91.3 Å². The monoisotopic (exact) mass is 497 g/mol. The Kier molecular flexibility index (Phi) is 6.01. The highest BCUT2D eigenvalue weighted by Crippen LogP contribution is 2.26. The number of carbonyl (C=O) groups is 2. The van der Waals surface area contributed by atoms with Crippen LogP contribution >= 0.6 is 0 Å². The van der Waals surface area contributed by atoms with Crippen molar-refractivity contribution >= 4 is 44.7 Å². The zero-order chi connectivity index (χ0) is 25.1. The number of hydrogen-bond acceptors (Lipinski definition) is 6. The summed E-state index contributed by atoms with van der Waals surface area (Å²) in [4.78, 5) is 29.3. The number of anilines is 3. The molecule has 1 aromatic heterocycles. The Hall–Kier alpha value is -4.83. The lowest BCUT2D eigenvalue weighted by Gasteiger charge is -2.10. The number of fused-ring (bicyclic) bond motifs is 1. The van der Waals surface area contributed by atoms with Crippen molar-refractivity contribution in [1.82, 2.24) is 4.98 Å². The van der Waals surface area contributed by atoms with Crippen LogP contribution in [0.3, 0.4) is 0 Å². The van der Waals surface area contributed by atoms with Crippen molar-refractivity contribution < 1.29 is 18.0 Å². The summed E-state index contributed by atoms with van der Waals surface area (Å²) in [6.45, 7) is 0. The number of carbonyl (C=O) groups excluding carboxylic acids is 2. The Morgan fingerprint density at radius 2 is 1.36 bits per heavy atom. The summed E-state index contributed by atoms with van der Waals surface area (Å²) >= 11 is 0. The van der Waals surface area contributed by atoms with E-state index in [0.717, 1.165) is 0 Å². The molecule has 0 aliphatic carbocycles. The van der Waals surface area contributed by atoms with Gasteiger partial charge in [0.25, 0.3) is 21.8 Å². The van der Waals surface area contributed by atoms with Gasteiger partial charge >= 0.3 is 0 Å². The molecule has 0 unspecified atom stereocenters. The number of aromatic nitrogens is 1. The average Bonchev–Trinajstić information content (AvgIpc) is 3.15. The SMILES string of the molecule is O=C(Nc1cccc(C(=O)Nc2ccncc2)c1)c1ccc(NC2=NS(=O)(=O)c3ccccc32)cc1. The van der Waals surface area contributed by atoms with Crippen LogP contribution in [0.4, 0.5) is 17.1 Å². The number of amidine groups is 1. The zero-order valence-electron chi connectivity index (χ0n) is 18.7. The molecule has 0 bridgehead atoms. The van der Waals surface area contributed by atoms with Gasteiger partial charge in [0.15, 0.2) is 5.84 Å². The summed E-state index contributed by atoms with van der Waals surface area (Å²) in [7, 11) is -3.73. The summed E-state index contributed by atoms with van der Waals surface area (Å²) in [5.41, 5.74) is 2.92. The van der Waals surface area contributed by atoms with E-state index in [-0.39, 0.29) is 22.5 Å². The minimum Gasteiger partial charge on any atom is -0.339 e. The molecule has 3 aromatic carbocycles. The minimum atomic E-state index is -3.73. The fourth-order valence-corrected chi connectivity index (χ4v) is 4.79. The molecule has 0 radical (unpaired) electrons. The van der Waals surface area contributed by atoms with E-state index < -0.39 is 10.0 Å². The lowest BCUT2D eigenvalue weighted by Crippen LogP contribution is -2.15. The Morgan fingerprint density at radius 3 is 2.14 bits per heavy atom. The first kappa shape index (κ1) is 22.9. The molecule has 1 aliphatic heterocycles. The van der Waals surface area contributed by atoms with Crippen molar-refractivity contribution in [3.63, 3.8) is 0 Å². The van der Waals surface area contributed by atoms with Gasteiger partial charge in [-0.25, -0.2) is 0 Å². The highest BCUT2D eigenvalue weighted by Gasteiger charge is 2.28. The molecule has 0 saturated carbocycles. The maximum Gasteiger partial charge on any atom is 0.285 e. The van der Waals surface area contributed by atoms with Gasteiger partial charge in [0.2, 0.25) is 0 Å². The third-order valence-electron chi connectivity index (χ3n) is 5.36. The number of benzene rings is 3. The van der Waals surface area contributed by atoms with Crippen LogP contribution in [-0.4, -0.2) is 31.1 Å². The smallest absolute Gasteiger partial charge is 0.285 e. The van der Waals surface area contributed by atoms with Crippen LogP contribution in [0.2, 0.25) is 0 Å². The second kappa shape index (κ2) is 9.43. The quantitative estimate of drug-likeness (QED) is 0.380. The van der Waals surface area contributed by atoms with Crippen molar-refractivity contribution in [3.05, 3.63) is 114 Å². The lowest BCUT2D eigenvalue weighted by molar-refractivity contribution is 0.101. The van der Waals surface area contributed by atoms with Crippen molar-refractivity contribution in [3.8, 4) is 0 Å². The third kappa shape index (κ3) is 4.84. The Bertz CT molecular complexity index is 1600. The van der Waals surface area contributed by atoms with Gasteiger partial charge in [-0.1, -0.05) is 18.2 Å². The minimum absolute atomic E-state index is 0.153. The fourth-order valence-electron chi connectivity index (χ4n) is 3.62. The van der Waals surface area contributed by atoms with Crippen molar-refractivity contribution in [2.24, 2.45) is 4.40 Å². The van der Waals surface area contributed by atoms with Crippen LogP contribution in [0.15, 0.2) is 107 Å². The molecule has 0 saturated heterocycles. The second-order valence-corrected chi connectivity index (χ2v) is 9.41. The van der Waals surface area contributed by atoms with E-state index in [1.807, 2.05) is 0 Å². The second-order valence-electron chi connectivity index (χ2n) is 7.84. The first-order chi connectivity index (χ1) is 17.4. The molecule has 178 valence electrons. The standard InChI is InChI=1S/C26H19N5O4S/c32-25(30-21-5-3-4-18(16-21)26(33)29-20-12-14-27-15-13-20)17-8-10-19(11-9-17)28-24-22-6-1-2-7-23(22)36(34,35)31-24/h1-16H,(H,28,31)(H,30,32)(H,27,29,33). The largest absolute Gasteiger partial charge is 0.339 e. The van der Waals surface area contributed by atoms with Crippen LogP contribution in [0.5, 0.6) is 0 Å². The molecule has 5 rings (SSSR count). The van der Waals surface area contributed by atoms with E-state index in [0.29, 0.717) is 33.8 Å². The van der Waals surface area contributed by atoms with Crippen LogP contribution in [0.25, 0.3) is 0 Å². The van der Waals surface area contributed by atoms with E-state index in [1.165, 1.54) is 6.07 Å². The average molecular weight is 498 g/mol. The zero-order valence-corrected chi connectivity index (χ0v) is 19.5. The summed E-state index contributed by atoms with van der Waals surface area (Å²) in [5.74, 6) is -0.449. The normalized spacial score (nSPS) is 13.3. The summed E-state index contributed by atoms with van der Waals surface area (Å²) < 4.78 is 28.2. The molecule has 2 heterocycles. The van der Waals surface area contributed by atoms with Crippen LogP contribution < -0.4 is 16.0 Å². The molecule has 0 fully saturated rings. The summed E-state index contributed by atoms with van der Waals surface area (Å²) in [5, 5.41) is 8.55. The van der Waals surface area contributed by atoms with E-state index >= 15 is 0 Å². The van der Waals surface area contributed by atoms with Gasteiger partial charge in [-0.3, -0.25) is 14.6 Å². The van der Waals surface area contributed by atoms with Crippen molar-refractivity contribution in [1.29, 1.82) is 0 Å². The first-order valence-electron chi connectivity index (χ1n) is 10.8. The highest BCUT2D eigenvalue weighted by atomic mass is 32.2. The van der Waals surface area contributed by atoms with Crippen molar-refractivity contribution in [2.45, 2.75) is 4.90 Å². The molecular weight excluding hydrogens is 478 g/mol. The summed E-state index contributed by atoms with van der Waals surface area (Å²) in [6.07, 6.45) is 3.16. The van der Waals surface area contributed by atoms with Gasteiger partial charge in [0.05, 0.1) is 0 Å². The van der Waals surface area contributed by atoms with Gasteiger partial charge in [0.1, 0.15) is 4.90 Å². The van der Waals surface area contributed by atoms with Gasteiger partial charge in [-0.05, 0) is 66.7 Å². The van der Waals surface area contributed by atoms with Gasteiger partial charge in [-0.15, -0.1) is 4.40 Å². The highest BCUT2D eigenvalue weighted by molar-refractivity contribution is 7.90. The van der Waals surface area contributed by atoms with Crippen LogP contribution in [0, 0.1) is 0 Å². The van der Waals surface area contributed by atoms with E-state index in [2.05, 4.69) is 25.3 Å². The third-order valence-corrected chi connectivity index (χ3v) is 6.70. The molecule has 36 heavy (non-hydrogen) atoms. The molecule has 0 atom stereocenters. The maximum absolute atomic E-state index is 12.7. The maximum atomic E-state index is 12.7. The van der Waals surface area contributed by atoms with E-state index in [4.69, 9.17) is 0 Å². The van der Waals surface area contributed by atoms with Crippen LogP contribution in [-0.2, 0) is 10.0 Å². The number of rotatable bonds is 5. The molecule has 9 nitrogen and oxygen atoms in total. The molecule has 1 aliphatic rings. The predicted octanol–water partition coefficient (Wildman–Crippen LogP) is 4.15. The Balaban J connectivity index is 1.25. The van der Waals surface area contributed by atoms with Gasteiger partial charge in [0, 0.05) is 46.1 Å². The number of sulfonamides is 1. The molecule has 4 aromatic rings. The van der Waals surface area contributed by atoms with Gasteiger partial charge < -0.3 is 16.0 Å². The summed E-state index contributed by atoms with van der Waals surface area (Å²) in [6, 6.07) is 23.1. The molecule has 10 heteroatoms. The molecule has 0 spiro atoms. The van der Waals surface area contributed by atoms with Crippen LogP contribution in [0.1, 0.15) is 26.3 Å². The number of pyridine rings is 1. The molecule has 3 N–H and O–H groups in total. The van der Waals surface area contributed by atoms with E-state index in [9.17, 15) is 18.0 Å².